The molecule has 2 aromatic rings. The smallest absolute Gasteiger partial charge is 0.0842 e. The molecule has 1 saturated carbocycles. The fraction of sp³-hybridized carbons (Fsp3) is 0.400. The molecule has 94 valence electrons. The van der Waals surface area contributed by atoms with Gasteiger partial charge in [-0.2, -0.15) is 5.10 Å². The van der Waals surface area contributed by atoms with Crippen LogP contribution in [0.5, 0.6) is 0 Å². The Balaban J connectivity index is 1.78. The summed E-state index contributed by atoms with van der Waals surface area (Å²) >= 11 is 0. The summed E-state index contributed by atoms with van der Waals surface area (Å²) in [5, 5.41) is 14.7. The summed E-state index contributed by atoms with van der Waals surface area (Å²) in [5.74, 6) is 0. The molecule has 0 unspecified atom stereocenters. The van der Waals surface area contributed by atoms with E-state index < -0.39 is 5.60 Å². The fourth-order valence-corrected chi connectivity index (χ4v) is 2.72. The van der Waals surface area contributed by atoms with Gasteiger partial charge in [-0.05, 0) is 18.4 Å². The Morgan fingerprint density at radius 3 is 2.56 bits per heavy atom. The monoisotopic (exact) mass is 242 g/mol. The summed E-state index contributed by atoms with van der Waals surface area (Å²) in [7, 11) is 0. The summed E-state index contributed by atoms with van der Waals surface area (Å²) in [6, 6.07) is 10.2. The van der Waals surface area contributed by atoms with Gasteiger partial charge in [0, 0.05) is 11.8 Å². The van der Waals surface area contributed by atoms with Crippen LogP contribution in [0.3, 0.4) is 0 Å². The Morgan fingerprint density at radius 2 is 1.83 bits per heavy atom. The van der Waals surface area contributed by atoms with Crippen LogP contribution in [0.2, 0.25) is 0 Å². The van der Waals surface area contributed by atoms with Gasteiger partial charge in [-0.1, -0.05) is 43.2 Å². The number of benzene rings is 1. The molecule has 3 nitrogen and oxygen atoms in total. The molecule has 0 atom stereocenters. The minimum absolute atomic E-state index is 0.542. The van der Waals surface area contributed by atoms with Crippen LogP contribution in [0.25, 0.3) is 11.1 Å². The molecule has 0 bridgehead atoms. The first-order valence-electron chi connectivity index (χ1n) is 6.55. The number of hydrogen-bond acceptors (Lipinski definition) is 2. The van der Waals surface area contributed by atoms with Crippen molar-refractivity contribution in [2.24, 2.45) is 0 Å². The predicted octanol–water partition coefficient (Wildman–Crippen LogP) is 2.86. The summed E-state index contributed by atoms with van der Waals surface area (Å²) in [6.07, 6.45) is 7.94. The van der Waals surface area contributed by atoms with Crippen molar-refractivity contribution in [2.75, 3.05) is 0 Å². The third-order valence-corrected chi connectivity index (χ3v) is 3.73. The Bertz CT molecular complexity index is 512. The maximum absolute atomic E-state index is 10.4. The second-order valence-electron chi connectivity index (χ2n) is 5.22. The van der Waals surface area contributed by atoms with Gasteiger partial charge in [0.05, 0.1) is 18.3 Å². The van der Waals surface area contributed by atoms with Gasteiger partial charge in [-0.25, -0.2) is 0 Å². The van der Waals surface area contributed by atoms with Crippen molar-refractivity contribution in [1.82, 2.24) is 9.78 Å². The normalized spacial score (nSPS) is 18.1. The SMILES string of the molecule is OC1(Cn2cc(-c3ccccc3)cn2)CCCC1. The topological polar surface area (TPSA) is 38.0 Å². The van der Waals surface area contributed by atoms with Crippen molar-refractivity contribution in [3.63, 3.8) is 0 Å². The highest BCUT2D eigenvalue weighted by Crippen LogP contribution is 2.31. The van der Waals surface area contributed by atoms with Crippen LogP contribution in [0.15, 0.2) is 42.7 Å². The third kappa shape index (κ3) is 2.31. The van der Waals surface area contributed by atoms with E-state index in [0.717, 1.165) is 31.2 Å². The van der Waals surface area contributed by atoms with Gasteiger partial charge in [-0.3, -0.25) is 4.68 Å². The van der Waals surface area contributed by atoms with E-state index in [1.54, 1.807) is 0 Å². The lowest BCUT2D eigenvalue weighted by atomic mass is 10.0. The molecule has 0 radical (unpaired) electrons. The minimum Gasteiger partial charge on any atom is -0.388 e. The van der Waals surface area contributed by atoms with Crippen LogP contribution in [-0.4, -0.2) is 20.5 Å². The second-order valence-corrected chi connectivity index (χ2v) is 5.22. The summed E-state index contributed by atoms with van der Waals surface area (Å²) in [6.45, 7) is 0.611. The van der Waals surface area contributed by atoms with Crippen LogP contribution in [-0.2, 0) is 6.54 Å². The number of aliphatic hydroxyl groups is 1. The Morgan fingerprint density at radius 1 is 1.11 bits per heavy atom. The third-order valence-electron chi connectivity index (χ3n) is 3.73. The van der Waals surface area contributed by atoms with E-state index in [4.69, 9.17) is 0 Å². The lowest BCUT2D eigenvalue weighted by molar-refractivity contribution is 0.0265. The highest BCUT2D eigenvalue weighted by Gasteiger charge is 2.31. The number of hydrogen-bond donors (Lipinski definition) is 1. The molecule has 3 heteroatoms. The van der Waals surface area contributed by atoms with Gasteiger partial charge < -0.3 is 5.11 Å². The molecular formula is C15H18N2O. The van der Waals surface area contributed by atoms with Gasteiger partial charge in [0.25, 0.3) is 0 Å². The quantitative estimate of drug-likeness (QED) is 0.898. The van der Waals surface area contributed by atoms with Gasteiger partial charge in [0.2, 0.25) is 0 Å². The van der Waals surface area contributed by atoms with Gasteiger partial charge in [0.1, 0.15) is 0 Å². The molecular weight excluding hydrogens is 224 g/mol. The van der Waals surface area contributed by atoms with Crippen LogP contribution < -0.4 is 0 Å². The van der Waals surface area contributed by atoms with E-state index in [1.165, 1.54) is 5.56 Å². The number of aromatic nitrogens is 2. The minimum atomic E-state index is -0.542. The summed E-state index contributed by atoms with van der Waals surface area (Å²) in [4.78, 5) is 0. The molecule has 3 rings (SSSR count). The van der Waals surface area contributed by atoms with Gasteiger partial charge in [-0.15, -0.1) is 0 Å². The molecule has 0 aliphatic heterocycles. The average molecular weight is 242 g/mol. The first-order valence-corrected chi connectivity index (χ1v) is 6.55. The molecule has 18 heavy (non-hydrogen) atoms. The maximum atomic E-state index is 10.4. The second kappa shape index (κ2) is 4.58. The molecule has 1 aliphatic carbocycles. The Kier molecular flexibility index (Phi) is 2.92. The molecule has 1 fully saturated rings. The molecule has 0 saturated heterocycles. The highest BCUT2D eigenvalue weighted by atomic mass is 16.3. The van der Waals surface area contributed by atoms with Crippen molar-refractivity contribution >= 4 is 0 Å². The predicted molar refractivity (Wildman–Crippen MR) is 71.1 cm³/mol. The molecule has 1 aromatic carbocycles. The van der Waals surface area contributed by atoms with Crippen LogP contribution in [0, 0.1) is 0 Å². The van der Waals surface area contributed by atoms with Crippen molar-refractivity contribution in [3.05, 3.63) is 42.7 Å². The summed E-state index contributed by atoms with van der Waals surface area (Å²) < 4.78 is 1.87. The van der Waals surface area contributed by atoms with E-state index in [0.29, 0.717) is 6.54 Å². The van der Waals surface area contributed by atoms with E-state index in [-0.39, 0.29) is 0 Å². The molecule has 0 spiro atoms. The lowest BCUT2D eigenvalue weighted by Crippen LogP contribution is -2.30. The molecule has 1 aliphatic rings. The van der Waals surface area contributed by atoms with Crippen LogP contribution >= 0.6 is 0 Å². The van der Waals surface area contributed by atoms with Crippen molar-refractivity contribution in [2.45, 2.75) is 37.8 Å². The molecule has 1 heterocycles. The van der Waals surface area contributed by atoms with Gasteiger partial charge in [0.15, 0.2) is 0 Å². The largest absolute Gasteiger partial charge is 0.388 e. The van der Waals surface area contributed by atoms with Crippen LogP contribution in [0.1, 0.15) is 25.7 Å². The molecule has 1 N–H and O–H groups in total. The van der Waals surface area contributed by atoms with Crippen LogP contribution in [0.4, 0.5) is 0 Å². The number of rotatable bonds is 3. The zero-order valence-electron chi connectivity index (χ0n) is 10.4. The first-order chi connectivity index (χ1) is 8.75. The first kappa shape index (κ1) is 11.5. The highest BCUT2D eigenvalue weighted by molar-refractivity contribution is 5.61. The van der Waals surface area contributed by atoms with E-state index in [2.05, 4.69) is 17.2 Å². The molecule has 1 aromatic heterocycles. The number of nitrogens with zero attached hydrogens (tertiary/aromatic N) is 2. The standard InChI is InChI=1S/C15H18N2O/c18-15(8-4-5-9-15)12-17-11-14(10-16-17)13-6-2-1-3-7-13/h1-3,6-7,10-11,18H,4-5,8-9,12H2. The fourth-order valence-electron chi connectivity index (χ4n) is 2.72. The van der Waals surface area contributed by atoms with Crippen molar-refractivity contribution < 1.29 is 5.11 Å². The Hall–Kier alpha value is -1.61. The van der Waals surface area contributed by atoms with E-state index in [9.17, 15) is 5.11 Å². The Labute approximate surface area is 107 Å². The van der Waals surface area contributed by atoms with Gasteiger partial charge >= 0.3 is 0 Å². The maximum Gasteiger partial charge on any atom is 0.0842 e. The lowest BCUT2D eigenvalue weighted by Gasteiger charge is -2.21. The van der Waals surface area contributed by atoms with E-state index in [1.807, 2.05) is 35.3 Å². The van der Waals surface area contributed by atoms with Crippen molar-refractivity contribution in [1.29, 1.82) is 0 Å². The zero-order chi connectivity index (χ0) is 12.4. The zero-order valence-corrected chi connectivity index (χ0v) is 10.4. The molecule has 0 amide bonds. The summed E-state index contributed by atoms with van der Waals surface area (Å²) in [5.41, 5.74) is 1.74. The average Bonchev–Trinajstić information content (AvgIpc) is 3.00. The van der Waals surface area contributed by atoms with E-state index >= 15 is 0 Å². The van der Waals surface area contributed by atoms with Crippen molar-refractivity contribution in [3.8, 4) is 11.1 Å².